The van der Waals surface area contributed by atoms with Crippen LogP contribution in [0.4, 0.5) is 34.1 Å². The van der Waals surface area contributed by atoms with Gasteiger partial charge in [0.05, 0.1) is 16.8 Å². The Morgan fingerprint density at radius 3 is 1.28 bits per heavy atom. The largest absolute Gasteiger partial charge is 0.454 e. The van der Waals surface area contributed by atoms with Crippen LogP contribution in [-0.2, 0) is 16.2 Å². The first-order chi connectivity index (χ1) is 39.4. The van der Waals surface area contributed by atoms with Crippen molar-refractivity contribution in [2.75, 3.05) is 9.80 Å². The van der Waals surface area contributed by atoms with E-state index >= 15 is 0 Å². The second kappa shape index (κ2) is 17.2. The van der Waals surface area contributed by atoms with Crippen LogP contribution in [0.5, 0.6) is 0 Å². The number of benzene rings is 12. The van der Waals surface area contributed by atoms with Gasteiger partial charge in [0.1, 0.15) is 11.2 Å². The molecule has 81 heavy (non-hydrogen) atoms. The van der Waals surface area contributed by atoms with Crippen LogP contribution in [0.25, 0.3) is 87.7 Å². The summed E-state index contributed by atoms with van der Waals surface area (Å²) in [5, 5.41) is 9.26. The molecule has 1 spiro atoms. The summed E-state index contributed by atoms with van der Waals surface area (Å²) in [7, 11) is 0. The van der Waals surface area contributed by atoms with Crippen molar-refractivity contribution < 1.29 is 8.83 Å². The summed E-state index contributed by atoms with van der Waals surface area (Å²) < 4.78 is 14.1. The summed E-state index contributed by atoms with van der Waals surface area (Å²) in [6.45, 7) is 13.6. The highest BCUT2D eigenvalue weighted by atomic mass is 16.3. The monoisotopic (exact) mass is 1040 g/mol. The molecule has 2 heterocycles. The first-order valence-corrected chi connectivity index (χ1v) is 28.4. The second-order valence-corrected chi connectivity index (χ2v) is 24.4. The maximum absolute atomic E-state index is 7.07. The number of rotatable bonds is 6. The van der Waals surface area contributed by atoms with Gasteiger partial charge < -0.3 is 18.6 Å². The zero-order valence-electron chi connectivity index (χ0n) is 46.3. The molecule has 2 aliphatic carbocycles. The van der Waals surface area contributed by atoms with Crippen molar-refractivity contribution in [3.05, 3.63) is 276 Å². The molecule has 2 aliphatic rings. The van der Waals surface area contributed by atoms with Crippen LogP contribution in [0.3, 0.4) is 0 Å². The van der Waals surface area contributed by atoms with Gasteiger partial charge in [-0.1, -0.05) is 211 Å². The minimum absolute atomic E-state index is 0.0917. The smallest absolute Gasteiger partial charge is 0.159 e. The Kier molecular flexibility index (Phi) is 10.0. The third-order valence-corrected chi connectivity index (χ3v) is 17.6. The molecule has 0 radical (unpaired) electrons. The highest BCUT2D eigenvalue weighted by molar-refractivity contribution is 6.14. The highest BCUT2D eigenvalue weighted by Gasteiger charge is 2.52. The predicted molar refractivity (Wildman–Crippen MR) is 339 cm³/mol. The topological polar surface area (TPSA) is 32.8 Å². The van der Waals surface area contributed by atoms with Gasteiger partial charge in [0, 0.05) is 55.4 Å². The Labute approximate surface area is 471 Å². The number of anilines is 6. The number of nitrogens with zero attached hydrogens (tertiary/aromatic N) is 2. The van der Waals surface area contributed by atoms with Gasteiger partial charge in [0.15, 0.2) is 11.2 Å². The van der Waals surface area contributed by atoms with Crippen molar-refractivity contribution in [3.63, 3.8) is 0 Å². The molecule has 0 bridgehead atoms. The summed E-state index contributed by atoms with van der Waals surface area (Å²) >= 11 is 0. The average molecular weight is 1040 g/mol. The lowest BCUT2D eigenvalue weighted by molar-refractivity contribution is 0.572. The maximum Gasteiger partial charge on any atom is 0.159 e. The van der Waals surface area contributed by atoms with Crippen molar-refractivity contribution in [2.45, 2.75) is 57.8 Å². The number of furan rings is 2. The Morgan fingerprint density at radius 2 is 0.753 bits per heavy atom. The first kappa shape index (κ1) is 47.4. The first-order valence-electron chi connectivity index (χ1n) is 28.4. The third kappa shape index (κ3) is 6.83. The van der Waals surface area contributed by atoms with E-state index in [1.165, 1.54) is 77.2 Å². The van der Waals surface area contributed by atoms with Crippen LogP contribution in [0.15, 0.2) is 251 Å². The van der Waals surface area contributed by atoms with Gasteiger partial charge in [-0.3, -0.25) is 0 Å². The summed E-state index contributed by atoms with van der Waals surface area (Å²) in [5.74, 6) is 0. The summed E-state index contributed by atoms with van der Waals surface area (Å²) in [4.78, 5) is 4.75. The lowest BCUT2D eigenvalue weighted by atomic mass is 9.69. The third-order valence-electron chi connectivity index (χ3n) is 17.6. The van der Waals surface area contributed by atoms with Crippen LogP contribution < -0.4 is 9.80 Å². The molecule has 0 aliphatic heterocycles. The van der Waals surface area contributed by atoms with E-state index in [4.69, 9.17) is 8.83 Å². The molecule has 12 aromatic carbocycles. The van der Waals surface area contributed by atoms with Crippen LogP contribution in [0.2, 0.25) is 0 Å². The quantitative estimate of drug-likeness (QED) is 0.166. The van der Waals surface area contributed by atoms with Crippen LogP contribution in [0, 0.1) is 0 Å². The number of fused-ring (bicyclic) bond motifs is 19. The van der Waals surface area contributed by atoms with Crippen LogP contribution >= 0.6 is 0 Å². The van der Waals surface area contributed by atoms with Crippen molar-refractivity contribution in [1.82, 2.24) is 0 Å². The normalized spacial score (nSPS) is 13.4. The molecule has 2 aromatic heterocycles. The lowest BCUT2D eigenvalue weighted by Gasteiger charge is -2.32. The van der Waals surface area contributed by atoms with Crippen molar-refractivity contribution in [3.8, 4) is 22.3 Å². The van der Waals surface area contributed by atoms with E-state index in [1.54, 1.807) is 0 Å². The molecule has 4 heteroatoms. The SMILES string of the molecule is CC(C)(C)c1cccc2c1oc1c(N(c3ccccc3)c3ccc4cc5c(cc4c3)C3(c4ccccc4-c4ccccc43)c3c-5ccc4cc(N(c5ccccc5)c5cccc6c5oc5c(C(C)(C)C)cccc56)ccc34)cccc12. The molecule has 14 aromatic rings. The lowest BCUT2D eigenvalue weighted by Crippen LogP contribution is -2.26. The molecular formula is C77H58N2O2. The van der Waals surface area contributed by atoms with Gasteiger partial charge in [0.25, 0.3) is 0 Å². The van der Waals surface area contributed by atoms with E-state index in [-0.39, 0.29) is 10.8 Å². The number of hydrogen-bond acceptors (Lipinski definition) is 4. The Bertz CT molecular complexity index is 4870. The van der Waals surface area contributed by atoms with Crippen LogP contribution in [-0.4, -0.2) is 0 Å². The molecule has 388 valence electrons. The highest BCUT2D eigenvalue weighted by Crippen LogP contribution is 2.65. The van der Waals surface area contributed by atoms with Crippen molar-refractivity contribution in [1.29, 1.82) is 0 Å². The number of hydrogen-bond donors (Lipinski definition) is 0. The van der Waals surface area contributed by atoms with E-state index in [2.05, 4.69) is 294 Å². The zero-order chi connectivity index (χ0) is 54.5. The fourth-order valence-corrected chi connectivity index (χ4v) is 14.1. The van der Waals surface area contributed by atoms with Crippen molar-refractivity contribution >= 4 is 99.5 Å². The van der Waals surface area contributed by atoms with Crippen molar-refractivity contribution in [2.24, 2.45) is 0 Å². The Morgan fingerprint density at radius 1 is 0.296 bits per heavy atom. The molecule has 4 nitrogen and oxygen atoms in total. The maximum atomic E-state index is 7.07. The Balaban J connectivity index is 0.908. The number of para-hydroxylation sites is 6. The molecule has 0 N–H and O–H groups in total. The molecular weight excluding hydrogens is 985 g/mol. The molecule has 0 atom stereocenters. The zero-order valence-corrected chi connectivity index (χ0v) is 46.3. The molecule has 0 saturated carbocycles. The van der Waals surface area contributed by atoms with Gasteiger partial charge in [0.2, 0.25) is 0 Å². The van der Waals surface area contributed by atoms with Gasteiger partial charge >= 0.3 is 0 Å². The molecule has 0 fully saturated rings. The predicted octanol–water partition coefficient (Wildman–Crippen LogP) is 21.7. The van der Waals surface area contributed by atoms with Gasteiger partial charge in [-0.05, 0) is 150 Å². The molecule has 0 saturated heterocycles. The standard InChI is InChI=1S/C77H58N2O2/c1-75(2,3)65-33-17-27-58-60-29-19-35-68(73(60)80-71(58)65)78(50-21-9-7-10-22-50)52-39-37-47-45-62-57-41-38-48-43-53(79(51-23-11-8-12-24-51)69-36-20-30-61-59-28-18-34-66(76(4,5)6)72(59)81-74(61)69)40-42-54(48)70(57)77(67(62)46-49(47)44-52)63-31-15-13-25-55(63)56-26-14-16-32-64(56)77/h7-46H,1-6H3. The van der Waals surface area contributed by atoms with Gasteiger partial charge in [-0.25, -0.2) is 0 Å². The molecule has 0 amide bonds. The summed E-state index contributed by atoms with van der Waals surface area (Å²) in [5.41, 5.74) is 21.8. The van der Waals surface area contributed by atoms with E-state index in [9.17, 15) is 0 Å². The average Bonchev–Trinajstić information content (AvgIpc) is 1.73. The molecule has 0 unspecified atom stereocenters. The van der Waals surface area contributed by atoms with E-state index < -0.39 is 5.41 Å². The fraction of sp³-hybridized carbons (Fsp3) is 0.117. The Hall–Kier alpha value is -9.64. The fourth-order valence-electron chi connectivity index (χ4n) is 14.1. The van der Waals surface area contributed by atoms with Gasteiger partial charge in [-0.2, -0.15) is 0 Å². The minimum Gasteiger partial charge on any atom is -0.454 e. The van der Waals surface area contributed by atoms with E-state index in [1.807, 2.05) is 0 Å². The summed E-state index contributed by atoms with van der Waals surface area (Å²) in [6, 6.07) is 89.9. The van der Waals surface area contributed by atoms with Crippen LogP contribution in [0.1, 0.15) is 74.9 Å². The minimum atomic E-state index is -0.601. The van der Waals surface area contributed by atoms with Gasteiger partial charge in [-0.15, -0.1) is 0 Å². The second-order valence-electron chi connectivity index (χ2n) is 24.4. The van der Waals surface area contributed by atoms with E-state index in [0.717, 1.165) is 78.0 Å². The van der Waals surface area contributed by atoms with E-state index in [0.29, 0.717) is 0 Å². The summed E-state index contributed by atoms with van der Waals surface area (Å²) in [6.07, 6.45) is 0. The molecule has 16 rings (SSSR count).